The lowest BCUT2D eigenvalue weighted by atomic mass is 10.1. The lowest BCUT2D eigenvalue weighted by Crippen LogP contribution is -2.23. The molecule has 0 unspecified atom stereocenters. The average molecular weight is 304 g/mol. The van der Waals surface area contributed by atoms with E-state index in [0.717, 1.165) is 5.69 Å². The molecule has 2 rings (SSSR count). The molecule has 21 heavy (non-hydrogen) atoms. The summed E-state index contributed by atoms with van der Waals surface area (Å²) in [4.78, 5) is 16.2. The lowest BCUT2D eigenvalue weighted by Gasteiger charge is -2.06. The topological polar surface area (TPSA) is 76.1 Å². The minimum Gasteiger partial charge on any atom is -0.346 e. The number of nitrogens with one attached hydrogen (secondary N) is 1. The SMILES string of the molecule is CS(=O)(=O)Cc1cccc(C(=O)NCc2ccccn2)c1. The van der Waals surface area contributed by atoms with Crippen LogP contribution in [0.1, 0.15) is 21.6 Å². The van der Waals surface area contributed by atoms with Gasteiger partial charge in [0.05, 0.1) is 18.0 Å². The Morgan fingerprint density at radius 3 is 2.67 bits per heavy atom. The third kappa shape index (κ3) is 5.00. The quantitative estimate of drug-likeness (QED) is 0.909. The van der Waals surface area contributed by atoms with Crippen LogP contribution in [0.3, 0.4) is 0 Å². The van der Waals surface area contributed by atoms with Crippen molar-refractivity contribution in [2.75, 3.05) is 6.26 Å². The minimum atomic E-state index is -3.12. The van der Waals surface area contributed by atoms with Crippen molar-refractivity contribution in [3.8, 4) is 0 Å². The van der Waals surface area contributed by atoms with Gasteiger partial charge in [0.2, 0.25) is 0 Å². The predicted molar refractivity (Wildman–Crippen MR) is 80.4 cm³/mol. The van der Waals surface area contributed by atoms with Crippen LogP contribution < -0.4 is 5.32 Å². The number of pyridine rings is 1. The van der Waals surface area contributed by atoms with E-state index < -0.39 is 9.84 Å². The van der Waals surface area contributed by atoms with E-state index in [1.165, 1.54) is 6.26 Å². The van der Waals surface area contributed by atoms with Crippen molar-refractivity contribution in [1.82, 2.24) is 10.3 Å². The van der Waals surface area contributed by atoms with Crippen LogP contribution in [0.4, 0.5) is 0 Å². The summed E-state index contributed by atoms with van der Waals surface area (Å²) in [7, 11) is -3.12. The molecule has 0 fully saturated rings. The second-order valence-electron chi connectivity index (χ2n) is 4.77. The highest BCUT2D eigenvalue weighted by molar-refractivity contribution is 7.89. The number of benzene rings is 1. The molecule has 1 heterocycles. The van der Waals surface area contributed by atoms with Crippen molar-refractivity contribution in [2.45, 2.75) is 12.3 Å². The maximum atomic E-state index is 12.0. The summed E-state index contributed by atoms with van der Waals surface area (Å²) in [5.74, 6) is -0.329. The first-order chi connectivity index (χ1) is 9.94. The van der Waals surface area contributed by atoms with Crippen LogP contribution in [0, 0.1) is 0 Å². The molecule has 1 aromatic heterocycles. The largest absolute Gasteiger partial charge is 0.346 e. The van der Waals surface area contributed by atoms with Crippen molar-refractivity contribution in [3.63, 3.8) is 0 Å². The molecule has 0 spiro atoms. The highest BCUT2D eigenvalue weighted by Gasteiger charge is 2.09. The van der Waals surface area contributed by atoms with E-state index in [0.29, 0.717) is 17.7 Å². The molecule has 0 aliphatic heterocycles. The van der Waals surface area contributed by atoms with Gasteiger partial charge in [0.25, 0.3) is 5.91 Å². The molecular weight excluding hydrogens is 288 g/mol. The van der Waals surface area contributed by atoms with Gasteiger partial charge in [-0.25, -0.2) is 8.42 Å². The number of rotatable bonds is 5. The molecule has 0 bridgehead atoms. The molecule has 0 aliphatic carbocycles. The molecule has 2 aromatic rings. The Bertz CT molecular complexity index is 728. The first-order valence-electron chi connectivity index (χ1n) is 6.39. The van der Waals surface area contributed by atoms with E-state index in [1.54, 1.807) is 36.5 Å². The summed E-state index contributed by atoms with van der Waals surface area (Å²) >= 11 is 0. The van der Waals surface area contributed by atoms with Gasteiger partial charge < -0.3 is 5.32 Å². The van der Waals surface area contributed by atoms with Crippen molar-refractivity contribution < 1.29 is 13.2 Å². The van der Waals surface area contributed by atoms with E-state index in [2.05, 4.69) is 10.3 Å². The maximum absolute atomic E-state index is 12.0. The van der Waals surface area contributed by atoms with Crippen LogP contribution >= 0.6 is 0 Å². The molecule has 0 radical (unpaired) electrons. The van der Waals surface area contributed by atoms with Gasteiger partial charge in [0, 0.05) is 18.0 Å². The molecule has 110 valence electrons. The van der Waals surface area contributed by atoms with Crippen molar-refractivity contribution in [3.05, 3.63) is 65.5 Å². The molecule has 0 saturated carbocycles. The Hall–Kier alpha value is -2.21. The minimum absolute atomic E-state index is 0.0750. The Balaban J connectivity index is 2.04. The first kappa shape index (κ1) is 15.2. The van der Waals surface area contributed by atoms with Crippen LogP contribution in [0.5, 0.6) is 0 Å². The summed E-state index contributed by atoms with van der Waals surface area (Å²) < 4.78 is 22.6. The van der Waals surface area contributed by atoms with Gasteiger partial charge in [-0.05, 0) is 29.8 Å². The third-order valence-electron chi connectivity index (χ3n) is 2.77. The standard InChI is InChI=1S/C15H16N2O3S/c1-21(19,20)11-12-5-4-6-13(9-12)15(18)17-10-14-7-2-3-8-16-14/h2-9H,10-11H2,1H3,(H,17,18). The molecule has 0 saturated heterocycles. The highest BCUT2D eigenvalue weighted by Crippen LogP contribution is 2.09. The van der Waals surface area contributed by atoms with E-state index in [9.17, 15) is 13.2 Å². The zero-order valence-corrected chi connectivity index (χ0v) is 12.4. The predicted octanol–water partition coefficient (Wildman–Crippen LogP) is 1.56. The number of amides is 1. The molecule has 5 nitrogen and oxygen atoms in total. The summed E-state index contributed by atoms with van der Waals surface area (Å²) in [5.41, 5.74) is 1.80. The Labute approximate surface area is 124 Å². The van der Waals surface area contributed by atoms with E-state index >= 15 is 0 Å². The number of hydrogen-bond acceptors (Lipinski definition) is 4. The second kappa shape index (κ2) is 6.49. The molecular formula is C15H16N2O3S. The van der Waals surface area contributed by atoms with Gasteiger partial charge >= 0.3 is 0 Å². The monoisotopic (exact) mass is 304 g/mol. The van der Waals surface area contributed by atoms with Gasteiger partial charge in [-0.3, -0.25) is 9.78 Å². The maximum Gasteiger partial charge on any atom is 0.251 e. The number of sulfone groups is 1. The zero-order valence-electron chi connectivity index (χ0n) is 11.6. The molecule has 0 atom stereocenters. The fourth-order valence-electron chi connectivity index (χ4n) is 1.88. The van der Waals surface area contributed by atoms with Crippen LogP contribution in [-0.2, 0) is 22.1 Å². The van der Waals surface area contributed by atoms with E-state index in [-0.39, 0.29) is 11.7 Å². The number of carbonyl (C=O) groups excluding carboxylic acids is 1. The molecule has 1 N–H and O–H groups in total. The number of carbonyl (C=O) groups is 1. The van der Waals surface area contributed by atoms with Crippen LogP contribution in [0.2, 0.25) is 0 Å². The van der Waals surface area contributed by atoms with E-state index in [4.69, 9.17) is 0 Å². The third-order valence-corrected chi connectivity index (χ3v) is 3.63. The van der Waals surface area contributed by atoms with Gasteiger partial charge in [-0.15, -0.1) is 0 Å². The fraction of sp³-hybridized carbons (Fsp3) is 0.200. The van der Waals surface area contributed by atoms with Crippen LogP contribution in [0.15, 0.2) is 48.7 Å². The molecule has 6 heteroatoms. The summed E-state index contributed by atoms with van der Waals surface area (Å²) in [5, 5.41) is 2.75. The van der Waals surface area contributed by atoms with Gasteiger partial charge in [-0.1, -0.05) is 18.2 Å². The Kier molecular flexibility index (Phi) is 4.70. The summed E-state index contributed by atoms with van der Waals surface area (Å²) in [6.07, 6.45) is 2.83. The Morgan fingerprint density at radius 1 is 1.19 bits per heavy atom. The van der Waals surface area contributed by atoms with Crippen molar-refractivity contribution in [2.24, 2.45) is 0 Å². The highest BCUT2D eigenvalue weighted by atomic mass is 32.2. The fourth-order valence-corrected chi connectivity index (χ4v) is 2.67. The zero-order chi connectivity index (χ0) is 15.3. The van der Waals surface area contributed by atoms with Crippen LogP contribution in [-0.4, -0.2) is 25.6 Å². The number of aromatic nitrogens is 1. The molecule has 1 aromatic carbocycles. The second-order valence-corrected chi connectivity index (χ2v) is 6.91. The smallest absolute Gasteiger partial charge is 0.251 e. The summed E-state index contributed by atoms with van der Waals surface area (Å²) in [6, 6.07) is 12.1. The van der Waals surface area contributed by atoms with E-state index in [1.807, 2.05) is 12.1 Å². The summed E-state index contributed by atoms with van der Waals surface area (Å²) in [6.45, 7) is 0.329. The van der Waals surface area contributed by atoms with Gasteiger partial charge in [-0.2, -0.15) is 0 Å². The number of nitrogens with zero attached hydrogens (tertiary/aromatic N) is 1. The van der Waals surface area contributed by atoms with Gasteiger partial charge in [0.15, 0.2) is 9.84 Å². The number of hydrogen-bond donors (Lipinski definition) is 1. The lowest BCUT2D eigenvalue weighted by molar-refractivity contribution is 0.0950. The molecule has 0 aliphatic rings. The van der Waals surface area contributed by atoms with Crippen LogP contribution in [0.25, 0.3) is 0 Å². The first-order valence-corrected chi connectivity index (χ1v) is 8.45. The Morgan fingerprint density at radius 2 is 2.00 bits per heavy atom. The van der Waals surface area contributed by atoms with Crippen molar-refractivity contribution in [1.29, 1.82) is 0 Å². The normalized spacial score (nSPS) is 11.1. The molecule has 1 amide bonds. The average Bonchev–Trinajstić information content (AvgIpc) is 2.44. The van der Waals surface area contributed by atoms with Gasteiger partial charge in [0.1, 0.15) is 0 Å². The van der Waals surface area contributed by atoms with Crippen molar-refractivity contribution >= 4 is 15.7 Å².